The minimum Gasteiger partial charge on any atom is -0.301 e. The summed E-state index contributed by atoms with van der Waals surface area (Å²) in [7, 11) is -0.591. The van der Waals surface area contributed by atoms with Gasteiger partial charge in [-0.25, -0.2) is 0 Å². The van der Waals surface area contributed by atoms with Crippen molar-refractivity contribution in [3.63, 3.8) is 0 Å². The first kappa shape index (κ1) is 38.8. The lowest BCUT2D eigenvalue weighted by Gasteiger charge is -2.52. The fourth-order valence-electron chi connectivity index (χ4n) is 10.9. The zero-order valence-corrected chi connectivity index (χ0v) is 36.3. The third-order valence-electron chi connectivity index (χ3n) is 13.0. The molecular weight excluding hydrogens is 730 g/mol. The zero-order chi connectivity index (χ0) is 38.4. The summed E-state index contributed by atoms with van der Waals surface area (Å²) in [4.78, 5) is 5.02. The summed E-state index contributed by atoms with van der Waals surface area (Å²) in [6, 6.07) is 24.9. The highest BCUT2D eigenvalue weighted by molar-refractivity contribution is 7.63. The van der Waals surface area contributed by atoms with Crippen LogP contribution in [0.15, 0.2) is 96.1 Å². The van der Waals surface area contributed by atoms with Crippen molar-refractivity contribution in [3.8, 4) is 0 Å². The number of aryl methyl sites for hydroxylation is 6. The molecule has 0 amide bonds. The largest absolute Gasteiger partial charge is 0.301 e. The van der Waals surface area contributed by atoms with E-state index in [0.717, 1.165) is 12.8 Å². The predicted molar refractivity (Wildman–Crippen MR) is 242 cm³/mol. The molecule has 5 heteroatoms. The van der Waals surface area contributed by atoms with Crippen LogP contribution in [0, 0.1) is 41.5 Å². The molecule has 55 heavy (non-hydrogen) atoms. The molecule has 0 saturated heterocycles. The number of allylic oxidation sites excluding steroid dienone is 2. The van der Waals surface area contributed by atoms with Gasteiger partial charge >= 0.3 is 0 Å². The Hall–Kier alpha value is -3.03. The van der Waals surface area contributed by atoms with Crippen LogP contribution in [0.1, 0.15) is 116 Å². The van der Waals surface area contributed by atoms with E-state index in [1.807, 2.05) is 0 Å². The maximum Gasteiger partial charge on any atom is 0.127 e. The number of alkyl halides is 2. The first-order chi connectivity index (χ1) is 26.5. The highest BCUT2D eigenvalue weighted by Crippen LogP contribution is 2.72. The van der Waals surface area contributed by atoms with E-state index in [-0.39, 0.29) is 5.38 Å². The highest BCUT2D eigenvalue weighted by Gasteiger charge is 2.54. The molecule has 3 aliphatic carbocycles. The Labute approximate surface area is 342 Å². The van der Waals surface area contributed by atoms with E-state index in [2.05, 4.69) is 137 Å². The van der Waals surface area contributed by atoms with Crippen molar-refractivity contribution < 1.29 is 0 Å². The van der Waals surface area contributed by atoms with Crippen LogP contribution in [0.25, 0.3) is 16.8 Å². The number of nitrogens with zero attached hydrogens (tertiary/aromatic N) is 2. The zero-order valence-electron chi connectivity index (χ0n) is 33.9. The third kappa shape index (κ3) is 7.46. The first-order valence-corrected chi connectivity index (χ1v) is 23.3. The molecule has 8 rings (SSSR count). The summed E-state index contributed by atoms with van der Waals surface area (Å²) >= 11 is 16.7. The van der Waals surface area contributed by atoms with Gasteiger partial charge in [0.25, 0.3) is 0 Å². The van der Waals surface area contributed by atoms with Gasteiger partial charge < -0.3 is 9.80 Å². The maximum absolute atomic E-state index is 8.88. The molecule has 4 aliphatic rings. The predicted octanol–water partition coefficient (Wildman–Crippen LogP) is 15.3. The lowest BCUT2D eigenvalue weighted by Crippen LogP contribution is -2.42. The molecule has 2 unspecified atom stereocenters. The van der Waals surface area contributed by atoms with Gasteiger partial charge in [0.2, 0.25) is 0 Å². The fourth-order valence-corrected chi connectivity index (χ4v) is 16.8. The Balaban J connectivity index is 1.46. The van der Waals surface area contributed by atoms with Crippen molar-refractivity contribution in [2.45, 2.75) is 140 Å². The summed E-state index contributed by atoms with van der Waals surface area (Å²) in [5.41, 5.74) is 15.2. The molecule has 1 aliphatic heterocycles. The van der Waals surface area contributed by atoms with Gasteiger partial charge in [-0.3, -0.25) is 0 Å². The van der Waals surface area contributed by atoms with E-state index in [1.54, 1.807) is 0 Å². The van der Waals surface area contributed by atoms with Gasteiger partial charge in [0.05, 0.1) is 21.4 Å². The minimum atomic E-state index is -0.591. The summed E-state index contributed by atoms with van der Waals surface area (Å²) in [6.07, 6.45) is 22.1. The van der Waals surface area contributed by atoms with E-state index >= 15 is 0 Å². The fraction of sp³-hybridized carbons (Fsp3) is 0.440. The molecule has 4 aromatic carbocycles. The van der Waals surface area contributed by atoms with Crippen molar-refractivity contribution in [1.82, 2.24) is 0 Å². The third-order valence-corrected chi connectivity index (χ3v) is 18.3. The quantitative estimate of drug-likeness (QED) is 0.142. The van der Waals surface area contributed by atoms with Crippen LogP contribution in [0.3, 0.4) is 0 Å². The van der Waals surface area contributed by atoms with E-state index in [1.165, 1.54) is 142 Å². The Morgan fingerprint density at radius 2 is 1.11 bits per heavy atom. The van der Waals surface area contributed by atoms with Gasteiger partial charge in [-0.2, -0.15) is 0 Å². The molecule has 2 nitrogen and oxygen atoms in total. The molecule has 0 bridgehead atoms. The van der Waals surface area contributed by atoms with Gasteiger partial charge in [-0.1, -0.05) is 118 Å². The molecule has 0 radical (unpaired) electrons. The van der Waals surface area contributed by atoms with Crippen molar-refractivity contribution in [2.75, 3.05) is 9.80 Å². The summed E-state index contributed by atoms with van der Waals surface area (Å²) in [6.45, 7) is 13.5. The number of halogens is 2. The van der Waals surface area contributed by atoms with Crippen molar-refractivity contribution in [3.05, 3.63) is 135 Å². The molecule has 0 spiro atoms. The van der Waals surface area contributed by atoms with Crippen molar-refractivity contribution in [2.24, 2.45) is 0 Å². The summed E-state index contributed by atoms with van der Waals surface area (Å²) in [5.74, 6) is 1.18. The lowest BCUT2D eigenvalue weighted by atomic mass is 9.85. The average Bonchev–Trinajstić information content (AvgIpc) is 3.56. The number of fused-ring (bicyclic) bond motifs is 1. The number of hydrogen-bond acceptors (Lipinski definition) is 2. The second-order valence-corrected chi connectivity index (χ2v) is 21.7. The standard InChI is InChI=1S/C50H59Cl2N2P/c1-33-27-35(3)47(36(4)28-33)53-25-26-54(48-37(5)29-34(2)30-38(48)6)49(53)46-44(32-39-21-22-40-15-13-14-16-41(40)31-39)45(51)23-24-50(46,52)55(42-17-9-7-10-18-42)43-19-11-8-12-20-43/h13-16,21-22,25-32,42-43,45H,7-12,17-20,23-24H2,1-6H3. The number of anilines is 2. The number of benzene rings is 4. The summed E-state index contributed by atoms with van der Waals surface area (Å²) < 4.78 is -0.524. The van der Waals surface area contributed by atoms with E-state index in [4.69, 9.17) is 23.2 Å². The van der Waals surface area contributed by atoms with Gasteiger partial charge in [0, 0.05) is 18.0 Å². The molecule has 0 aromatic heterocycles. The van der Waals surface area contributed by atoms with Crippen LogP contribution in [0.2, 0.25) is 0 Å². The van der Waals surface area contributed by atoms with Crippen LogP contribution < -0.4 is 9.80 Å². The van der Waals surface area contributed by atoms with Crippen LogP contribution in [0.5, 0.6) is 0 Å². The van der Waals surface area contributed by atoms with Crippen molar-refractivity contribution >= 4 is 59.3 Å². The Morgan fingerprint density at radius 3 is 1.62 bits per heavy atom. The molecule has 0 N–H and O–H groups in total. The van der Waals surface area contributed by atoms with Crippen LogP contribution >= 0.6 is 31.1 Å². The van der Waals surface area contributed by atoms with Gasteiger partial charge in [-0.05, 0) is 148 Å². The lowest BCUT2D eigenvalue weighted by molar-refractivity contribution is 0.476. The van der Waals surface area contributed by atoms with Gasteiger partial charge in [-0.15, -0.1) is 23.2 Å². The molecule has 4 aromatic rings. The second-order valence-electron chi connectivity index (χ2n) is 17.2. The smallest absolute Gasteiger partial charge is 0.127 e. The monoisotopic (exact) mass is 788 g/mol. The van der Waals surface area contributed by atoms with E-state index < -0.39 is 12.5 Å². The minimum absolute atomic E-state index is 0.153. The SMILES string of the molecule is Cc1cc(C)c(N2C=CN(c3c(C)cc(C)cc3C)C2=C2C(=Cc3ccc4ccccc4c3)C(Cl)CCC2(Cl)P(C2CCCCC2)C2CCCCC2)c(C)c1. The average molecular weight is 790 g/mol. The number of rotatable bonds is 6. The highest BCUT2D eigenvalue weighted by atomic mass is 35.5. The van der Waals surface area contributed by atoms with Crippen molar-refractivity contribution in [1.29, 1.82) is 0 Å². The topological polar surface area (TPSA) is 6.48 Å². The second kappa shape index (κ2) is 16.1. The Bertz CT molecular complexity index is 2040. The first-order valence-electron chi connectivity index (χ1n) is 21.0. The molecule has 1 heterocycles. The molecule has 3 fully saturated rings. The van der Waals surface area contributed by atoms with Crippen LogP contribution in [0.4, 0.5) is 11.4 Å². The molecule has 2 atom stereocenters. The summed E-state index contributed by atoms with van der Waals surface area (Å²) in [5, 5.41) is 2.35. The van der Waals surface area contributed by atoms with E-state index in [0.29, 0.717) is 11.3 Å². The van der Waals surface area contributed by atoms with Crippen LogP contribution in [-0.4, -0.2) is 21.3 Å². The van der Waals surface area contributed by atoms with Gasteiger partial charge in [0.15, 0.2) is 0 Å². The molecule has 288 valence electrons. The van der Waals surface area contributed by atoms with Gasteiger partial charge in [0.1, 0.15) is 5.82 Å². The Morgan fingerprint density at radius 1 is 0.618 bits per heavy atom. The Kier molecular flexibility index (Phi) is 11.4. The molecular formula is C50H59Cl2N2P. The van der Waals surface area contributed by atoms with Crippen LogP contribution in [-0.2, 0) is 0 Å². The maximum atomic E-state index is 8.88. The number of hydrogen-bond donors (Lipinski definition) is 0. The van der Waals surface area contributed by atoms with E-state index in [9.17, 15) is 0 Å². The molecule has 3 saturated carbocycles. The normalized spacial score (nSPS) is 23.6.